The maximum atomic E-state index is 11.1. The maximum absolute atomic E-state index is 11.1. The minimum atomic E-state index is -1.37. The molecule has 0 heterocycles. The summed E-state index contributed by atoms with van der Waals surface area (Å²) < 4.78 is 0. The Labute approximate surface area is 83.2 Å². The standard InChI is InChI=1S/C8H7NO6/c10-4-2-1-3(5(11)7(4)13)6(12)8(14)9-15/h1-2,10-11,13,15H,(H,9,14). The predicted octanol–water partition coefficient (Wildman–Crippen LogP) is -0.509. The third-order valence-corrected chi connectivity index (χ3v) is 1.68. The fourth-order valence-electron chi connectivity index (χ4n) is 0.925. The van der Waals surface area contributed by atoms with Crippen LogP contribution in [-0.2, 0) is 4.79 Å². The Bertz CT molecular complexity index is 427. The van der Waals surface area contributed by atoms with Crippen LogP contribution in [0.1, 0.15) is 10.4 Å². The lowest BCUT2D eigenvalue weighted by Gasteiger charge is -2.05. The molecule has 0 aliphatic rings. The van der Waals surface area contributed by atoms with Crippen molar-refractivity contribution >= 4 is 11.7 Å². The molecule has 80 valence electrons. The SMILES string of the molecule is O=C(NO)C(=O)c1ccc(O)c(O)c1O. The smallest absolute Gasteiger partial charge is 0.315 e. The summed E-state index contributed by atoms with van der Waals surface area (Å²) in [6, 6.07) is 1.86. The van der Waals surface area contributed by atoms with Crippen LogP contribution < -0.4 is 5.48 Å². The van der Waals surface area contributed by atoms with Gasteiger partial charge in [-0.15, -0.1) is 0 Å². The molecule has 0 aliphatic heterocycles. The molecule has 1 rings (SSSR count). The second kappa shape index (κ2) is 3.84. The van der Waals surface area contributed by atoms with E-state index in [9.17, 15) is 14.7 Å². The maximum Gasteiger partial charge on any atom is 0.315 e. The molecule has 1 aromatic carbocycles. The second-order valence-electron chi connectivity index (χ2n) is 2.60. The zero-order chi connectivity index (χ0) is 11.6. The molecule has 15 heavy (non-hydrogen) atoms. The van der Waals surface area contributed by atoms with E-state index < -0.39 is 34.5 Å². The molecule has 0 spiro atoms. The summed E-state index contributed by atoms with van der Waals surface area (Å²) in [5, 5.41) is 35.3. The van der Waals surface area contributed by atoms with E-state index in [1.54, 1.807) is 0 Å². The molecule has 0 aromatic heterocycles. The molecule has 0 saturated carbocycles. The molecule has 1 amide bonds. The van der Waals surface area contributed by atoms with Crippen molar-refractivity contribution in [3.8, 4) is 17.2 Å². The third kappa shape index (κ3) is 1.81. The average Bonchev–Trinajstić information content (AvgIpc) is 2.24. The van der Waals surface area contributed by atoms with Crippen LogP contribution in [0.4, 0.5) is 0 Å². The topological polar surface area (TPSA) is 127 Å². The van der Waals surface area contributed by atoms with Gasteiger partial charge in [-0.3, -0.25) is 14.8 Å². The fourth-order valence-corrected chi connectivity index (χ4v) is 0.925. The van der Waals surface area contributed by atoms with Crippen molar-refractivity contribution < 1.29 is 30.1 Å². The van der Waals surface area contributed by atoms with Crippen LogP contribution in [0, 0.1) is 0 Å². The van der Waals surface area contributed by atoms with Crippen LogP contribution in [-0.4, -0.2) is 32.2 Å². The van der Waals surface area contributed by atoms with E-state index in [0.717, 1.165) is 17.6 Å². The number of carbonyl (C=O) groups is 2. The quantitative estimate of drug-likeness (QED) is 0.148. The number of phenolic OH excluding ortho intramolecular Hbond substituents is 3. The van der Waals surface area contributed by atoms with Crippen LogP contribution >= 0.6 is 0 Å². The first-order chi connectivity index (χ1) is 6.99. The molecule has 7 heteroatoms. The van der Waals surface area contributed by atoms with E-state index in [2.05, 4.69) is 0 Å². The van der Waals surface area contributed by atoms with Gasteiger partial charge in [-0.05, 0) is 12.1 Å². The van der Waals surface area contributed by atoms with Gasteiger partial charge in [-0.25, -0.2) is 5.48 Å². The minimum Gasteiger partial charge on any atom is -0.504 e. The molecule has 0 saturated heterocycles. The third-order valence-electron chi connectivity index (χ3n) is 1.68. The first-order valence-corrected chi connectivity index (χ1v) is 3.71. The Morgan fingerprint density at radius 3 is 2.20 bits per heavy atom. The Morgan fingerprint density at radius 1 is 1.07 bits per heavy atom. The first kappa shape index (κ1) is 10.8. The van der Waals surface area contributed by atoms with E-state index in [0.29, 0.717) is 0 Å². The Morgan fingerprint density at radius 2 is 1.67 bits per heavy atom. The Balaban J connectivity index is 3.22. The van der Waals surface area contributed by atoms with Gasteiger partial charge in [0.2, 0.25) is 5.75 Å². The van der Waals surface area contributed by atoms with E-state index in [1.807, 2.05) is 0 Å². The number of hydrogen-bond acceptors (Lipinski definition) is 6. The highest BCUT2D eigenvalue weighted by molar-refractivity contribution is 6.43. The van der Waals surface area contributed by atoms with Crippen molar-refractivity contribution in [2.75, 3.05) is 0 Å². The summed E-state index contributed by atoms with van der Waals surface area (Å²) in [7, 11) is 0. The summed E-state index contributed by atoms with van der Waals surface area (Å²) in [6.45, 7) is 0. The number of nitrogens with one attached hydrogen (secondary N) is 1. The van der Waals surface area contributed by atoms with Gasteiger partial charge in [0.15, 0.2) is 11.5 Å². The summed E-state index contributed by atoms with van der Waals surface area (Å²) >= 11 is 0. The van der Waals surface area contributed by atoms with Crippen molar-refractivity contribution in [2.24, 2.45) is 0 Å². The molecule has 7 nitrogen and oxygen atoms in total. The Kier molecular flexibility index (Phi) is 2.77. The molecular weight excluding hydrogens is 206 g/mol. The molecular formula is C8H7NO6. The van der Waals surface area contributed by atoms with Gasteiger partial charge in [0, 0.05) is 0 Å². The summed E-state index contributed by atoms with van der Waals surface area (Å²) in [4.78, 5) is 21.8. The number of ketones is 1. The van der Waals surface area contributed by atoms with E-state index in [-0.39, 0.29) is 0 Å². The number of aromatic hydroxyl groups is 3. The first-order valence-electron chi connectivity index (χ1n) is 3.71. The lowest BCUT2D eigenvalue weighted by molar-refractivity contribution is -0.124. The molecule has 0 bridgehead atoms. The molecule has 0 radical (unpaired) electrons. The number of carbonyl (C=O) groups excluding carboxylic acids is 2. The number of hydroxylamine groups is 1. The van der Waals surface area contributed by atoms with Crippen LogP contribution in [0.25, 0.3) is 0 Å². The molecule has 0 fully saturated rings. The monoisotopic (exact) mass is 213 g/mol. The van der Waals surface area contributed by atoms with Gasteiger partial charge < -0.3 is 15.3 Å². The summed E-state index contributed by atoms with van der Waals surface area (Å²) in [5.41, 5.74) is 0.550. The molecule has 0 aliphatic carbocycles. The molecule has 1 aromatic rings. The molecule has 0 unspecified atom stereocenters. The number of benzene rings is 1. The largest absolute Gasteiger partial charge is 0.504 e. The van der Waals surface area contributed by atoms with E-state index in [4.69, 9.17) is 15.4 Å². The molecule has 5 N–H and O–H groups in total. The van der Waals surface area contributed by atoms with Crippen molar-refractivity contribution in [3.63, 3.8) is 0 Å². The van der Waals surface area contributed by atoms with Crippen molar-refractivity contribution in [3.05, 3.63) is 17.7 Å². The highest BCUT2D eigenvalue weighted by Crippen LogP contribution is 2.37. The van der Waals surface area contributed by atoms with Crippen molar-refractivity contribution in [1.82, 2.24) is 5.48 Å². The fraction of sp³-hybridized carbons (Fsp3) is 0. The number of amides is 1. The van der Waals surface area contributed by atoms with E-state index >= 15 is 0 Å². The van der Waals surface area contributed by atoms with Crippen LogP contribution in [0.2, 0.25) is 0 Å². The van der Waals surface area contributed by atoms with Crippen molar-refractivity contribution in [2.45, 2.75) is 0 Å². The highest BCUT2D eigenvalue weighted by Gasteiger charge is 2.22. The summed E-state index contributed by atoms with van der Waals surface area (Å²) in [5.74, 6) is -5.08. The van der Waals surface area contributed by atoms with Gasteiger partial charge in [0.25, 0.3) is 5.78 Å². The van der Waals surface area contributed by atoms with Gasteiger partial charge in [-0.2, -0.15) is 0 Å². The second-order valence-corrected chi connectivity index (χ2v) is 2.60. The Hall–Kier alpha value is -2.28. The normalized spacial score (nSPS) is 9.67. The number of hydrogen-bond donors (Lipinski definition) is 5. The number of phenols is 3. The average molecular weight is 213 g/mol. The van der Waals surface area contributed by atoms with Gasteiger partial charge in [-0.1, -0.05) is 0 Å². The van der Waals surface area contributed by atoms with E-state index in [1.165, 1.54) is 0 Å². The van der Waals surface area contributed by atoms with Crippen LogP contribution in [0.3, 0.4) is 0 Å². The lowest BCUT2D eigenvalue weighted by Crippen LogP contribution is -2.28. The lowest BCUT2D eigenvalue weighted by atomic mass is 10.1. The van der Waals surface area contributed by atoms with Gasteiger partial charge >= 0.3 is 5.91 Å². The van der Waals surface area contributed by atoms with Gasteiger partial charge in [0.05, 0.1) is 5.56 Å². The zero-order valence-corrected chi connectivity index (χ0v) is 7.26. The van der Waals surface area contributed by atoms with Crippen LogP contribution in [0.5, 0.6) is 17.2 Å². The predicted molar refractivity (Wildman–Crippen MR) is 45.7 cm³/mol. The van der Waals surface area contributed by atoms with Gasteiger partial charge in [0.1, 0.15) is 0 Å². The summed E-state index contributed by atoms with van der Waals surface area (Å²) in [6.07, 6.45) is 0. The minimum absolute atomic E-state index is 0.531. The van der Waals surface area contributed by atoms with Crippen molar-refractivity contribution in [1.29, 1.82) is 0 Å². The molecule has 0 atom stereocenters. The zero-order valence-electron chi connectivity index (χ0n) is 7.26. The number of Topliss-reactive ketones (excluding diaryl/α,β-unsaturated/α-hetero) is 1. The number of rotatable bonds is 2. The highest BCUT2D eigenvalue weighted by atomic mass is 16.5. The van der Waals surface area contributed by atoms with Crippen LogP contribution in [0.15, 0.2) is 12.1 Å².